The molecule has 1 fully saturated rings. The lowest BCUT2D eigenvalue weighted by atomic mass is 9.96. The Balaban J connectivity index is 1.90. The van der Waals surface area contributed by atoms with Crippen molar-refractivity contribution < 1.29 is 14.6 Å². The number of hydrogen-bond acceptors (Lipinski definition) is 3. The van der Waals surface area contributed by atoms with Crippen LogP contribution in [0.2, 0.25) is 0 Å². The molecule has 0 aromatic heterocycles. The minimum atomic E-state index is -0.714. The fraction of sp³-hybridized carbons (Fsp3) is 0.533. The summed E-state index contributed by atoms with van der Waals surface area (Å²) in [4.78, 5) is 13.7. The van der Waals surface area contributed by atoms with Crippen molar-refractivity contribution in [1.82, 2.24) is 4.90 Å². The first-order valence-corrected chi connectivity index (χ1v) is 7.72. The summed E-state index contributed by atoms with van der Waals surface area (Å²) in [5.41, 5.74) is 1.06. The van der Waals surface area contributed by atoms with E-state index in [9.17, 15) is 9.90 Å². The quantitative estimate of drug-likeness (QED) is 0.863. The van der Waals surface area contributed by atoms with Crippen molar-refractivity contribution in [2.24, 2.45) is 5.92 Å². The second-order valence-corrected chi connectivity index (χ2v) is 5.93. The highest BCUT2D eigenvalue weighted by atomic mass is 79.9. The average Bonchev–Trinajstić information content (AvgIpc) is 2.46. The van der Waals surface area contributed by atoms with Crippen molar-refractivity contribution in [2.45, 2.75) is 12.8 Å². The highest BCUT2D eigenvalue weighted by Crippen LogP contribution is 2.21. The second-order valence-electron chi connectivity index (χ2n) is 5.07. The van der Waals surface area contributed by atoms with Crippen molar-refractivity contribution in [2.75, 3.05) is 32.8 Å². The van der Waals surface area contributed by atoms with Gasteiger partial charge in [-0.2, -0.15) is 0 Å². The lowest BCUT2D eigenvalue weighted by molar-refractivity contribution is -0.142. The Morgan fingerprint density at radius 1 is 1.35 bits per heavy atom. The molecule has 0 radical (unpaired) electrons. The van der Waals surface area contributed by atoms with Crippen LogP contribution in [0.1, 0.15) is 12.0 Å². The molecule has 4 nitrogen and oxygen atoms in total. The van der Waals surface area contributed by atoms with Gasteiger partial charge in [0.05, 0.1) is 19.1 Å². The average molecular weight is 342 g/mol. The lowest BCUT2D eigenvalue weighted by Crippen LogP contribution is -2.38. The van der Waals surface area contributed by atoms with E-state index in [1.165, 1.54) is 0 Å². The summed E-state index contributed by atoms with van der Waals surface area (Å²) in [7, 11) is 0. The third kappa shape index (κ3) is 4.58. The maximum atomic E-state index is 11.4. The van der Waals surface area contributed by atoms with Gasteiger partial charge in [0.2, 0.25) is 0 Å². The maximum absolute atomic E-state index is 11.4. The molecular weight excluding hydrogens is 322 g/mol. The Bertz CT molecular complexity index is 446. The Hall–Kier alpha value is -0.910. The number of carbonyl (C=O) groups is 1. The van der Waals surface area contributed by atoms with E-state index >= 15 is 0 Å². The minimum Gasteiger partial charge on any atom is -0.481 e. The van der Waals surface area contributed by atoms with E-state index in [4.69, 9.17) is 4.74 Å². The van der Waals surface area contributed by atoms with E-state index in [-0.39, 0.29) is 5.92 Å². The normalized spacial score (nSPS) is 17.9. The van der Waals surface area contributed by atoms with E-state index < -0.39 is 5.97 Å². The van der Waals surface area contributed by atoms with E-state index in [0.29, 0.717) is 12.8 Å². The number of ether oxygens (including phenoxy) is 1. The topological polar surface area (TPSA) is 49.8 Å². The number of aliphatic carboxylic acids is 1. The van der Waals surface area contributed by atoms with Crippen LogP contribution >= 0.6 is 15.9 Å². The molecule has 20 heavy (non-hydrogen) atoms. The van der Waals surface area contributed by atoms with Gasteiger partial charge in [-0.05, 0) is 31.0 Å². The highest BCUT2D eigenvalue weighted by Gasteiger charge is 2.21. The van der Waals surface area contributed by atoms with Crippen LogP contribution in [0.25, 0.3) is 0 Å². The van der Waals surface area contributed by atoms with Gasteiger partial charge >= 0.3 is 5.97 Å². The van der Waals surface area contributed by atoms with E-state index in [1.807, 2.05) is 24.3 Å². The van der Waals surface area contributed by atoms with E-state index in [0.717, 1.165) is 42.9 Å². The summed E-state index contributed by atoms with van der Waals surface area (Å²) in [5.74, 6) is -1.05. The molecule has 1 heterocycles. The lowest BCUT2D eigenvalue weighted by Gasteiger charge is -2.27. The number of rotatable bonds is 6. The van der Waals surface area contributed by atoms with Gasteiger partial charge in [0.15, 0.2) is 0 Å². The fourth-order valence-electron chi connectivity index (χ4n) is 2.41. The minimum absolute atomic E-state index is 0.337. The van der Waals surface area contributed by atoms with Gasteiger partial charge < -0.3 is 9.84 Å². The van der Waals surface area contributed by atoms with Crippen LogP contribution in [-0.4, -0.2) is 48.8 Å². The number of benzene rings is 1. The fourth-order valence-corrected chi connectivity index (χ4v) is 2.85. The molecule has 1 aromatic carbocycles. The predicted molar refractivity (Wildman–Crippen MR) is 80.8 cm³/mol. The first-order chi connectivity index (χ1) is 9.66. The molecule has 0 bridgehead atoms. The molecule has 1 aliphatic rings. The van der Waals surface area contributed by atoms with Crippen molar-refractivity contribution in [3.05, 3.63) is 34.3 Å². The summed E-state index contributed by atoms with van der Waals surface area (Å²) >= 11 is 3.48. The van der Waals surface area contributed by atoms with Crippen molar-refractivity contribution in [3.63, 3.8) is 0 Å². The maximum Gasteiger partial charge on any atom is 0.306 e. The predicted octanol–water partition coefficient (Wildman–Crippen LogP) is 2.41. The smallest absolute Gasteiger partial charge is 0.306 e. The molecule has 1 aromatic rings. The van der Waals surface area contributed by atoms with Gasteiger partial charge in [-0.15, -0.1) is 0 Å². The molecule has 1 unspecified atom stereocenters. The second kappa shape index (κ2) is 7.76. The van der Waals surface area contributed by atoms with Crippen LogP contribution in [0.5, 0.6) is 0 Å². The molecule has 1 aliphatic heterocycles. The molecule has 0 aliphatic carbocycles. The SMILES string of the molecule is O=C(O)C(CCN1CCOCC1)Cc1ccccc1Br. The Morgan fingerprint density at radius 2 is 2.05 bits per heavy atom. The molecule has 2 rings (SSSR count). The zero-order valence-electron chi connectivity index (χ0n) is 11.4. The van der Waals surface area contributed by atoms with Gasteiger partial charge in [0, 0.05) is 17.6 Å². The van der Waals surface area contributed by atoms with Gasteiger partial charge in [0.1, 0.15) is 0 Å². The van der Waals surface area contributed by atoms with Crippen molar-refractivity contribution in [3.8, 4) is 0 Å². The summed E-state index contributed by atoms with van der Waals surface area (Å²) in [6.07, 6.45) is 1.25. The molecular formula is C15H20BrNO3. The number of carboxylic acids is 1. The van der Waals surface area contributed by atoms with Gasteiger partial charge in [0.25, 0.3) is 0 Å². The van der Waals surface area contributed by atoms with E-state index in [1.54, 1.807) is 0 Å². The van der Waals surface area contributed by atoms with Crippen LogP contribution in [0, 0.1) is 5.92 Å². The van der Waals surface area contributed by atoms with Crippen LogP contribution in [-0.2, 0) is 16.0 Å². The largest absolute Gasteiger partial charge is 0.481 e. The summed E-state index contributed by atoms with van der Waals surface area (Å²) in [6.45, 7) is 4.14. The number of carboxylic acid groups (broad SMARTS) is 1. The number of morpholine rings is 1. The standard InChI is InChI=1S/C15H20BrNO3/c16-14-4-2-1-3-12(14)11-13(15(18)19)5-6-17-7-9-20-10-8-17/h1-4,13H,5-11H2,(H,18,19). The molecule has 110 valence electrons. The first kappa shape index (κ1) is 15.5. The molecule has 0 spiro atoms. The monoisotopic (exact) mass is 341 g/mol. The molecule has 5 heteroatoms. The Kier molecular flexibility index (Phi) is 6.01. The Labute approximate surface area is 127 Å². The highest BCUT2D eigenvalue weighted by molar-refractivity contribution is 9.10. The number of hydrogen-bond donors (Lipinski definition) is 1. The van der Waals surface area contributed by atoms with Crippen LogP contribution in [0.4, 0.5) is 0 Å². The van der Waals surface area contributed by atoms with Crippen LogP contribution in [0.15, 0.2) is 28.7 Å². The molecule has 1 N–H and O–H groups in total. The summed E-state index contributed by atoms with van der Waals surface area (Å²) < 4.78 is 6.29. The molecule has 1 saturated heterocycles. The first-order valence-electron chi connectivity index (χ1n) is 6.93. The van der Waals surface area contributed by atoms with E-state index in [2.05, 4.69) is 20.8 Å². The third-order valence-electron chi connectivity index (χ3n) is 3.67. The van der Waals surface area contributed by atoms with Crippen molar-refractivity contribution >= 4 is 21.9 Å². The summed E-state index contributed by atoms with van der Waals surface area (Å²) in [6, 6.07) is 7.82. The van der Waals surface area contributed by atoms with Gasteiger partial charge in [-0.25, -0.2) is 0 Å². The number of nitrogens with zero attached hydrogens (tertiary/aromatic N) is 1. The zero-order chi connectivity index (χ0) is 14.4. The van der Waals surface area contributed by atoms with Crippen LogP contribution < -0.4 is 0 Å². The van der Waals surface area contributed by atoms with Crippen LogP contribution in [0.3, 0.4) is 0 Å². The van der Waals surface area contributed by atoms with Crippen molar-refractivity contribution in [1.29, 1.82) is 0 Å². The van der Waals surface area contributed by atoms with Gasteiger partial charge in [-0.3, -0.25) is 9.69 Å². The third-order valence-corrected chi connectivity index (χ3v) is 4.44. The Morgan fingerprint density at radius 3 is 2.70 bits per heavy atom. The molecule has 0 amide bonds. The molecule has 0 saturated carbocycles. The number of halogens is 1. The molecule has 1 atom stereocenters. The van der Waals surface area contributed by atoms with Gasteiger partial charge in [-0.1, -0.05) is 34.1 Å². The zero-order valence-corrected chi connectivity index (χ0v) is 13.0. The summed E-state index contributed by atoms with van der Waals surface area (Å²) in [5, 5.41) is 9.40.